The molecule has 0 radical (unpaired) electrons. The van der Waals surface area contributed by atoms with E-state index in [0.29, 0.717) is 0 Å². The first-order valence-corrected chi connectivity index (χ1v) is 2.99. The van der Waals surface area contributed by atoms with Crippen molar-refractivity contribution in [1.82, 2.24) is 0 Å². The lowest BCUT2D eigenvalue weighted by Crippen LogP contribution is -1.80. The van der Waals surface area contributed by atoms with Crippen LogP contribution in [0, 0.1) is 0 Å². The first-order chi connectivity index (χ1) is 3.41. The van der Waals surface area contributed by atoms with Crippen molar-refractivity contribution in [3.05, 3.63) is 0 Å². The van der Waals surface area contributed by atoms with Crippen LogP contribution in [0.5, 0.6) is 0 Å². The first kappa shape index (κ1) is 10.7. The molecule has 0 rings (SSSR count). The zero-order valence-electron chi connectivity index (χ0n) is 4.13. The maximum atomic E-state index is 10.3. The Balaban J connectivity index is 0. The molecular formula is C2H6F2O3S. The second-order valence-electron chi connectivity index (χ2n) is 0.679. The fourth-order valence-corrected chi connectivity index (χ4v) is 0. The Morgan fingerprint density at radius 3 is 1.62 bits per heavy atom. The Kier molecular flexibility index (Phi) is 6.58. The van der Waals surface area contributed by atoms with Crippen LogP contribution in [0.4, 0.5) is 8.28 Å². The molecule has 3 nitrogen and oxygen atoms in total. The van der Waals surface area contributed by atoms with Crippen molar-refractivity contribution in [2.75, 3.05) is 6.67 Å². The zero-order valence-corrected chi connectivity index (χ0v) is 4.95. The van der Waals surface area contributed by atoms with Gasteiger partial charge in [-0.1, -0.05) is 3.89 Å². The SMILES string of the molecule is CCF.O=S(=O)(O)F. The number of halogens is 2. The third kappa shape index (κ3) is 2480. The van der Waals surface area contributed by atoms with E-state index in [1.807, 2.05) is 0 Å². The smallest absolute Gasteiger partial charge is 0.260 e. The molecule has 0 amide bonds. The Morgan fingerprint density at radius 2 is 1.62 bits per heavy atom. The maximum absolute atomic E-state index is 10.3. The largest absolute Gasteiger partial charge is 0.435 e. The lowest BCUT2D eigenvalue weighted by molar-refractivity contribution is 0.435. The Bertz CT molecular complexity index is 109. The van der Waals surface area contributed by atoms with Gasteiger partial charge in [-0.2, -0.15) is 8.42 Å². The summed E-state index contributed by atoms with van der Waals surface area (Å²) in [4.78, 5) is 0. The molecule has 0 saturated carbocycles. The number of alkyl halides is 1. The summed E-state index contributed by atoms with van der Waals surface area (Å²) in [6, 6.07) is 0. The molecule has 52 valence electrons. The third-order valence-corrected chi connectivity index (χ3v) is 0. The van der Waals surface area contributed by atoms with Crippen molar-refractivity contribution < 1.29 is 21.2 Å². The molecule has 0 aliphatic rings. The molecule has 0 heterocycles. The second-order valence-corrected chi connectivity index (χ2v) is 1.50. The average molecular weight is 148 g/mol. The molecule has 0 spiro atoms. The highest BCUT2D eigenvalue weighted by Gasteiger charge is 1.89. The van der Waals surface area contributed by atoms with Crippen LogP contribution in [-0.4, -0.2) is 19.6 Å². The van der Waals surface area contributed by atoms with E-state index in [4.69, 9.17) is 13.0 Å². The third-order valence-electron chi connectivity index (χ3n) is 0. The van der Waals surface area contributed by atoms with Gasteiger partial charge in [0.1, 0.15) is 0 Å². The van der Waals surface area contributed by atoms with Crippen LogP contribution in [-0.2, 0) is 10.5 Å². The molecule has 0 aromatic rings. The van der Waals surface area contributed by atoms with Crippen LogP contribution >= 0.6 is 0 Å². The summed E-state index contributed by atoms with van der Waals surface area (Å²) in [7, 11) is -5.17. The Hall–Kier alpha value is -0.230. The van der Waals surface area contributed by atoms with Crippen molar-refractivity contribution in [3.63, 3.8) is 0 Å². The maximum Gasteiger partial charge on any atom is 0.435 e. The summed E-state index contributed by atoms with van der Waals surface area (Å²) in [5.41, 5.74) is 0. The second kappa shape index (κ2) is 4.92. The molecule has 0 unspecified atom stereocenters. The summed E-state index contributed by atoms with van der Waals surface area (Å²) < 4.78 is 44.4. The van der Waals surface area contributed by atoms with Gasteiger partial charge in [-0.15, -0.1) is 0 Å². The minimum absolute atomic E-state index is 0.250. The van der Waals surface area contributed by atoms with Crippen molar-refractivity contribution in [2.24, 2.45) is 0 Å². The van der Waals surface area contributed by atoms with E-state index in [0.717, 1.165) is 0 Å². The van der Waals surface area contributed by atoms with E-state index in [9.17, 15) is 8.28 Å². The summed E-state index contributed by atoms with van der Waals surface area (Å²) in [5.74, 6) is 0. The molecule has 0 aromatic carbocycles. The van der Waals surface area contributed by atoms with Crippen LogP contribution < -0.4 is 0 Å². The van der Waals surface area contributed by atoms with Crippen LogP contribution in [0.2, 0.25) is 0 Å². The molecular weight excluding hydrogens is 142 g/mol. The Morgan fingerprint density at radius 1 is 1.62 bits per heavy atom. The van der Waals surface area contributed by atoms with Crippen molar-refractivity contribution in [2.45, 2.75) is 6.92 Å². The number of rotatable bonds is 0. The zero-order chi connectivity index (χ0) is 7.21. The van der Waals surface area contributed by atoms with Gasteiger partial charge in [-0.25, -0.2) is 0 Å². The van der Waals surface area contributed by atoms with Gasteiger partial charge in [-0.05, 0) is 6.92 Å². The summed E-state index contributed by atoms with van der Waals surface area (Å²) in [6.45, 7) is 1.21. The monoisotopic (exact) mass is 148 g/mol. The predicted molar refractivity (Wildman–Crippen MR) is 24.3 cm³/mol. The molecule has 0 saturated heterocycles. The predicted octanol–water partition coefficient (Wildman–Crippen LogP) is 0.734. The molecule has 0 aromatic heterocycles. The summed E-state index contributed by atoms with van der Waals surface area (Å²) >= 11 is 0. The first-order valence-electron chi connectivity index (χ1n) is 1.64. The standard InChI is InChI=1S/C2H5F.FHO3S/c1-2-3;1-5(2,3)4/h2H2,1H3;(H,2,3,4). The van der Waals surface area contributed by atoms with Crippen LogP contribution in [0.3, 0.4) is 0 Å². The van der Waals surface area contributed by atoms with Gasteiger partial charge in [0.05, 0.1) is 6.67 Å². The summed E-state index contributed by atoms with van der Waals surface area (Å²) in [6.07, 6.45) is 0. The highest BCUT2D eigenvalue weighted by molar-refractivity contribution is 7.80. The number of hydrogen-bond donors (Lipinski definition) is 1. The van der Waals surface area contributed by atoms with Gasteiger partial charge in [0.25, 0.3) is 0 Å². The van der Waals surface area contributed by atoms with E-state index in [-0.39, 0.29) is 6.67 Å². The lowest BCUT2D eigenvalue weighted by Gasteiger charge is -1.63. The molecule has 1 N–H and O–H groups in total. The van der Waals surface area contributed by atoms with Crippen molar-refractivity contribution in [3.8, 4) is 0 Å². The minimum atomic E-state index is -5.17. The molecule has 0 fully saturated rings. The van der Waals surface area contributed by atoms with Crippen molar-refractivity contribution in [1.29, 1.82) is 0 Å². The molecule has 0 aliphatic carbocycles. The van der Waals surface area contributed by atoms with Gasteiger partial charge >= 0.3 is 10.5 Å². The van der Waals surface area contributed by atoms with Gasteiger partial charge in [0, 0.05) is 0 Å². The fourth-order valence-electron chi connectivity index (χ4n) is 0. The quantitative estimate of drug-likeness (QED) is 0.407. The highest BCUT2D eigenvalue weighted by Crippen LogP contribution is 1.74. The Labute approximate surface area is 46.4 Å². The molecule has 8 heavy (non-hydrogen) atoms. The molecule has 6 heteroatoms. The van der Waals surface area contributed by atoms with Crippen LogP contribution in [0.15, 0.2) is 0 Å². The average Bonchev–Trinajstić information content (AvgIpc) is 1.27. The fraction of sp³-hybridized carbons (Fsp3) is 1.00. The minimum Gasteiger partial charge on any atom is -0.260 e. The topological polar surface area (TPSA) is 54.4 Å². The van der Waals surface area contributed by atoms with E-state index in [2.05, 4.69) is 0 Å². The molecule has 0 aliphatic heterocycles. The highest BCUT2D eigenvalue weighted by atomic mass is 32.3. The van der Waals surface area contributed by atoms with Crippen LogP contribution in [0.25, 0.3) is 0 Å². The lowest BCUT2D eigenvalue weighted by atomic mass is 10.9. The van der Waals surface area contributed by atoms with Gasteiger partial charge in [0.2, 0.25) is 0 Å². The molecule has 0 atom stereocenters. The van der Waals surface area contributed by atoms with Gasteiger partial charge < -0.3 is 0 Å². The van der Waals surface area contributed by atoms with E-state index in [1.54, 1.807) is 0 Å². The van der Waals surface area contributed by atoms with E-state index < -0.39 is 10.5 Å². The van der Waals surface area contributed by atoms with Crippen LogP contribution in [0.1, 0.15) is 6.92 Å². The molecule has 0 bridgehead atoms. The van der Waals surface area contributed by atoms with Gasteiger partial charge in [0.15, 0.2) is 0 Å². The van der Waals surface area contributed by atoms with E-state index >= 15 is 0 Å². The van der Waals surface area contributed by atoms with Gasteiger partial charge in [-0.3, -0.25) is 8.94 Å². The number of hydrogen-bond acceptors (Lipinski definition) is 2. The normalized spacial score (nSPS) is 9.50. The van der Waals surface area contributed by atoms with E-state index in [1.165, 1.54) is 6.92 Å². The van der Waals surface area contributed by atoms with Crippen molar-refractivity contribution >= 4 is 10.5 Å². The summed E-state index contributed by atoms with van der Waals surface area (Å²) in [5, 5.41) is 0.